The molecule has 1 N–H and O–H groups in total. The van der Waals surface area contributed by atoms with Crippen LogP contribution < -0.4 is 5.32 Å². The van der Waals surface area contributed by atoms with Gasteiger partial charge in [0.2, 0.25) is 0 Å². The van der Waals surface area contributed by atoms with E-state index in [1.165, 1.54) is 16.9 Å². The van der Waals surface area contributed by atoms with E-state index in [-0.39, 0.29) is 5.91 Å². The van der Waals surface area contributed by atoms with E-state index in [0.29, 0.717) is 29.3 Å². The molecule has 0 bridgehead atoms. The highest BCUT2D eigenvalue weighted by molar-refractivity contribution is 6.04. The van der Waals surface area contributed by atoms with Crippen molar-refractivity contribution < 1.29 is 9.18 Å². The highest BCUT2D eigenvalue weighted by Gasteiger charge is 2.18. The van der Waals surface area contributed by atoms with Gasteiger partial charge in [0.05, 0.1) is 29.7 Å². The summed E-state index contributed by atoms with van der Waals surface area (Å²) in [6, 6.07) is 18.0. The van der Waals surface area contributed by atoms with Gasteiger partial charge in [0, 0.05) is 6.07 Å². The Kier molecular flexibility index (Phi) is 4.95. The number of carbonyl (C=O) groups excluding carboxylic acids is 1. The van der Waals surface area contributed by atoms with Gasteiger partial charge in [-0.05, 0) is 31.5 Å². The molecule has 0 aliphatic heterocycles. The van der Waals surface area contributed by atoms with Gasteiger partial charge in [-0.25, -0.2) is 13.8 Å². The number of nitrogens with one attached hydrogen (secondary N) is 1. The first kappa shape index (κ1) is 18.6. The molecule has 0 unspecified atom stereocenters. The lowest BCUT2D eigenvalue weighted by Crippen LogP contribution is -2.17. The van der Waals surface area contributed by atoms with E-state index in [4.69, 9.17) is 0 Å². The zero-order valence-corrected chi connectivity index (χ0v) is 16.1. The zero-order valence-electron chi connectivity index (χ0n) is 16.1. The maximum absolute atomic E-state index is 14.1. The number of hydrogen-bond donors (Lipinski definition) is 1. The summed E-state index contributed by atoms with van der Waals surface area (Å²) in [6.07, 6.45) is 1.45. The Labute approximate surface area is 167 Å². The molecule has 7 heteroatoms. The van der Waals surface area contributed by atoms with Crippen molar-refractivity contribution in [2.75, 3.05) is 5.32 Å². The Bertz CT molecular complexity index is 1160. The normalized spacial score (nSPS) is 10.9. The van der Waals surface area contributed by atoms with Crippen LogP contribution in [0.15, 0.2) is 66.9 Å². The van der Waals surface area contributed by atoms with E-state index in [9.17, 15) is 9.18 Å². The van der Waals surface area contributed by atoms with Gasteiger partial charge in [-0.15, -0.1) is 0 Å². The Hall–Kier alpha value is -3.74. The lowest BCUT2D eigenvalue weighted by atomic mass is 10.2. The number of amides is 1. The third-order valence-corrected chi connectivity index (χ3v) is 4.65. The average Bonchev–Trinajstić information content (AvgIpc) is 3.25. The van der Waals surface area contributed by atoms with Gasteiger partial charge in [-0.2, -0.15) is 10.2 Å². The lowest BCUT2D eigenvalue weighted by Gasteiger charge is -2.10. The second-order valence-corrected chi connectivity index (χ2v) is 6.78. The molecule has 29 heavy (non-hydrogen) atoms. The van der Waals surface area contributed by atoms with Crippen molar-refractivity contribution in [2.24, 2.45) is 0 Å². The number of carbonyl (C=O) groups is 1. The van der Waals surface area contributed by atoms with Crippen LogP contribution in [0.5, 0.6) is 0 Å². The van der Waals surface area contributed by atoms with Crippen molar-refractivity contribution in [2.45, 2.75) is 20.4 Å². The van der Waals surface area contributed by atoms with Crippen LogP contribution in [0, 0.1) is 19.7 Å². The standard InChI is InChI=1S/C22H20FN5O/c1-15-12-21(27(26-15)14-17-8-4-3-5-9-17)25-22(29)18-13-24-28(16(18)2)20-11-7-6-10-19(20)23/h3-13H,14H2,1-2H3,(H,25,29). The summed E-state index contributed by atoms with van der Waals surface area (Å²) in [5, 5.41) is 11.6. The maximum Gasteiger partial charge on any atom is 0.260 e. The van der Waals surface area contributed by atoms with Crippen LogP contribution in [0.2, 0.25) is 0 Å². The van der Waals surface area contributed by atoms with Gasteiger partial charge < -0.3 is 5.32 Å². The fourth-order valence-corrected chi connectivity index (χ4v) is 3.21. The topological polar surface area (TPSA) is 64.7 Å². The Morgan fingerprint density at radius 2 is 1.79 bits per heavy atom. The molecule has 0 atom stereocenters. The fraction of sp³-hybridized carbons (Fsp3) is 0.136. The minimum absolute atomic E-state index is 0.300. The van der Waals surface area contributed by atoms with Crippen molar-refractivity contribution >= 4 is 11.7 Å². The minimum Gasteiger partial charge on any atom is -0.307 e. The zero-order chi connectivity index (χ0) is 20.4. The number of para-hydroxylation sites is 1. The molecule has 2 aromatic carbocycles. The smallest absolute Gasteiger partial charge is 0.260 e. The molecule has 0 saturated carbocycles. The number of halogens is 1. The quantitative estimate of drug-likeness (QED) is 0.558. The third kappa shape index (κ3) is 3.80. The minimum atomic E-state index is -0.401. The molecule has 4 aromatic rings. The molecule has 6 nitrogen and oxygen atoms in total. The molecule has 0 aliphatic carbocycles. The summed E-state index contributed by atoms with van der Waals surface area (Å²) in [5.74, 6) is -0.129. The van der Waals surface area contributed by atoms with Gasteiger partial charge in [0.25, 0.3) is 5.91 Å². The number of rotatable bonds is 5. The molecule has 4 rings (SSSR count). The number of aryl methyl sites for hydroxylation is 1. The van der Waals surface area contributed by atoms with Gasteiger partial charge >= 0.3 is 0 Å². The largest absolute Gasteiger partial charge is 0.307 e. The predicted molar refractivity (Wildman–Crippen MR) is 109 cm³/mol. The van der Waals surface area contributed by atoms with Crippen molar-refractivity contribution in [3.8, 4) is 5.69 Å². The van der Waals surface area contributed by atoms with Crippen molar-refractivity contribution in [1.29, 1.82) is 0 Å². The lowest BCUT2D eigenvalue weighted by molar-refractivity contribution is 0.102. The summed E-state index contributed by atoms with van der Waals surface area (Å²) >= 11 is 0. The molecule has 146 valence electrons. The molecule has 2 aromatic heterocycles. The van der Waals surface area contributed by atoms with Gasteiger partial charge in [0.1, 0.15) is 17.3 Å². The first-order valence-corrected chi connectivity index (χ1v) is 9.22. The molecule has 0 aliphatic rings. The van der Waals surface area contributed by atoms with E-state index in [0.717, 1.165) is 11.3 Å². The van der Waals surface area contributed by atoms with Crippen LogP contribution in [-0.4, -0.2) is 25.5 Å². The van der Waals surface area contributed by atoms with E-state index < -0.39 is 5.82 Å². The van der Waals surface area contributed by atoms with E-state index in [1.807, 2.05) is 43.3 Å². The Balaban J connectivity index is 1.59. The second-order valence-electron chi connectivity index (χ2n) is 6.78. The second kappa shape index (κ2) is 7.71. The van der Waals surface area contributed by atoms with Crippen LogP contribution in [0.25, 0.3) is 5.69 Å². The van der Waals surface area contributed by atoms with Crippen molar-refractivity contribution in [3.05, 3.63) is 95.2 Å². The van der Waals surface area contributed by atoms with Crippen molar-refractivity contribution in [3.63, 3.8) is 0 Å². The summed E-state index contributed by atoms with van der Waals surface area (Å²) in [6.45, 7) is 4.15. The molecule has 0 saturated heterocycles. The van der Waals surface area contributed by atoms with Crippen LogP contribution in [0.4, 0.5) is 10.2 Å². The van der Waals surface area contributed by atoms with Crippen LogP contribution in [0.1, 0.15) is 27.3 Å². The number of aromatic nitrogens is 4. The van der Waals surface area contributed by atoms with Crippen molar-refractivity contribution in [1.82, 2.24) is 19.6 Å². The Morgan fingerprint density at radius 1 is 1.07 bits per heavy atom. The molecular formula is C22H20FN5O. The maximum atomic E-state index is 14.1. The molecular weight excluding hydrogens is 369 g/mol. The number of hydrogen-bond acceptors (Lipinski definition) is 3. The highest BCUT2D eigenvalue weighted by atomic mass is 19.1. The summed E-state index contributed by atoms with van der Waals surface area (Å²) < 4.78 is 17.3. The van der Waals surface area contributed by atoms with Crippen LogP contribution in [-0.2, 0) is 6.54 Å². The van der Waals surface area contributed by atoms with Gasteiger partial charge in [-0.3, -0.25) is 4.79 Å². The summed E-state index contributed by atoms with van der Waals surface area (Å²) in [5.41, 5.74) is 3.11. The first-order chi connectivity index (χ1) is 14.0. The van der Waals surface area contributed by atoms with Gasteiger partial charge in [-0.1, -0.05) is 42.5 Å². The Morgan fingerprint density at radius 3 is 2.55 bits per heavy atom. The molecule has 1 amide bonds. The predicted octanol–water partition coefficient (Wildman–Crippen LogP) is 4.13. The molecule has 0 radical (unpaired) electrons. The summed E-state index contributed by atoms with van der Waals surface area (Å²) in [4.78, 5) is 12.9. The van der Waals surface area contributed by atoms with Crippen LogP contribution >= 0.6 is 0 Å². The number of benzene rings is 2. The van der Waals surface area contributed by atoms with Crippen LogP contribution in [0.3, 0.4) is 0 Å². The number of nitrogens with zero attached hydrogens (tertiary/aromatic N) is 4. The molecule has 0 fully saturated rings. The van der Waals surface area contributed by atoms with E-state index in [2.05, 4.69) is 15.5 Å². The SMILES string of the molecule is Cc1cc(NC(=O)c2cnn(-c3ccccc3F)c2C)n(Cc2ccccc2)n1. The number of anilines is 1. The highest BCUT2D eigenvalue weighted by Crippen LogP contribution is 2.19. The molecule has 2 heterocycles. The third-order valence-electron chi connectivity index (χ3n) is 4.65. The monoisotopic (exact) mass is 389 g/mol. The molecule has 0 spiro atoms. The fourth-order valence-electron chi connectivity index (χ4n) is 3.21. The first-order valence-electron chi connectivity index (χ1n) is 9.22. The summed E-state index contributed by atoms with van der Waals surface area (Å²) in [7, 11) is 0. The van der Waals surface area contributed by atoms with Gasteiger partial charge in [0.15, 0.2) is 0 Å². The van der Waals surface area contributed by atoms with E-state index >= 15 is 0 Å². The average molecular weight is 389 g/mol. The van der Waals surface area contributed by atoms with E-state index in [1.54, 1.807) is 29.8 Å².